The summed E-state index contributed by atoms with van der Waals surface area (Å²) in [5.41, 5.74) is 3.68. The minimum atomic E-state index is 0.181. The molecule has 0 atom stereocenters. The summed E-state index contributed by atoms with van der Waals surface area (Å²) in [6, 6.07) is 6.39. The lowest BCUT2D eigenvalue weighted by Crippen LogP contribution is -2.16. The van der Waals surface area contributed by atoms with Crippen LogP contribution in [-0.4, -0.2) is 19.1 Å². The number of thioether (sulfide) groups is 1. The fraction of sp³-hybridized carbons (Fsp3) is 0.435. The molecule has 3 heteroatoms. The molecule has 0 amide bonds. The molecule has 0 saturated carbocycles. The SMILES string of the molecule is CCCCSc1ccc(C=CC2=CC(=CC=O)CC(C)(C)C2)cc1OC. The van der Waals surface area contributed by atoms with E-state index in [0.29, 0.717) is 0 Å². The highest BCUT2D eigenvalue weighted by atomic mass is 32.2. The normalized spacial score (nSPS) is 18.2. The van der Waals surface area contributed by atoms with Crippen molar-refractivity contribution < 1.29 is 9.53 Å². The lowest BCUT2D eigenvalue weighted by molar-refractivity contribution is -0.104. The van der Waals surface area contributed by atoms with E-state index in [9.17, 15) is 4.79 Å². The van der Waals surface area contributed by atoms with Gasteiger partial charge in [-0.25, -0.2) is 0 Å². The molecule has 0 fully saturated rings. The second-order valence-corrected chi connectivity index (χ2v) is 8.70. The molecular weight excluding hydrogens is 340 g/mol. The summed E-state index contributed by atoms with van der Waals surface area (Å²) in [7, 11) is 1.73. The second-order valence-electron chi connectivity index (χ2n) is 7.56. The lowest BCUT2D eigenvalue weighted by atomic mass is 9.75. The predicted octanol–water partition coefficient (Wildman–Crippen LogP) is 6.47. The lowest BCUT2D eigenvalue weighted by Gasteiger charge is -2.30. The number of carbonyl (C=O) groups is 1. The highest BCUT2D eigenvalue weighted by Gasteiger charge is 2.24. The van der Waals surface area contributed by atoms with E-state index in [2.05, 4.69) is 57.2 Å². The summed E-state index contributed by atoms with van der Waals surface area (Å²) < 4.78 is 5.57. The van der Waals surface area contributed by atoms with Gasteiger partial charge in [-0.15, -0.1) is 11.8 Å². The van der Waals surface area contributed by atoms with Crippen LogP contribution in [-0.2, 0) is 4.79 Å². The van der Waals surface area contributed by atoms with E-state index < -0.39 is 0 Å². The molecule has 0 unspecified atom stereocenters. The summed E-state index contributed by atoms with van der Waals surface area (Å²) in [6.45, 7) is 6.71. The van der Waals surface area contributed by atoms with Gasteiger partial charge in [0.1, 0.15) is 12.0 Å². The minimum Gasteiger partial charge on any atom is -0.496 e. The van der Waals surface area contributed by atoms with E-state index in [1.165, 1.54) is 23.3 Å². The third kappa shape index (κ3) is 6.21. The Morgan fingerprint density at radius 1 is 1.23 bits per heavy atom. The van der Waals surface area contributed by atoms with Gasteiger partial charge < -0.3 is 4.74 Å². The van der Waals surface area contributed by atoms with Gasteiger partial charge in [-0.1, -0.05) is 51.5 Å². The van der Waals surface area contributed by atoms with E-state index in [1.54, 1.807) is 13.2 Å². The molecule has 0 spiro atoms. The summed E-state index contributed by atoms with van der Waals surface area (Å²) in [4.78, 5) is 12.0. The molecule has 140 valence electrons. The Morgan fingerprint density at radius 2 is 2.04 bits per heavy atom. The van der Waals surface area contributed by atoms with Crippen molar-refractivity contribution in [3.8, 4) is 5.75 Å². The van der Waals surface area contributed by atoms with Crippen LogP contribution in [0.4, 0.5) is 0 Å². The fourth-order valence-corrected chi connectivity index (χ4v) is 4.35. The molecular formula is C23H30O2S. The summed E-state index contributed by atoms with van der Waals surface area (Å²) in [5, 5.41) is 0. The predicted molar refractivity (Wildman–Crippen MR) is 113 cm³/mol. The second kappa shape index (κ2) is 9.82. The van der Waals surface area contributed by atoms with Crippen LogP contribution in [0.1, 0.15) is 52.0 Å². The number of unbranched alkanes of at least 4 members (excludes halogenated alkanes) is 1. The van der Waals surface area contributed by atoms with Crippen LogP contribution in [0.5, 0.6) is 5.75 Å². The van der Waals surface area contributed by atoms with Crippen molar-refractivity contribution in [3.63, 3.8) is 0 Å². The first-order valence-electron chi connectivity index (χ1n) is 9.31. The summed E-state index contributed by atoms with van der Waals surface area (Å²) in [5.74, 6) is 2.06. The van der Waals surface area contributed by atoms with Gasteiger partial charge in [-0.2, -0.15) is 0 Å². The zero-order chi connectivity index (χ0) is 19.0. The van der Waals surface area contributed by atoms with Crippen molar-refractivity contribution >= 4 is 24.1 Å². The molecule has 0 bridgehead atoms. The topological polar surface area (TPSA) is 26.3 Å². The van der Waals surface area contributed by atoms with Gasteiger partial charge in [-0.05, 0) is 65.3 Å². The van der Waals surface area contributed by atoms with Gasteiger partial charge in [0, 0.05) is 4.90 Å². The van der Waals surface area contributed by atoms with Gasteiger partial charge in [0.2, 0.25) is 0 Å². The first-order valence-corrected chi connectivity index (χ1v) is 10.3. The molecule has 1 aliphatic rings. The van der Waals surface area contributed by atoms with E-state index in [0.717, 1.165) is 41.8 Å². The summed E-state index contributed by atoms with van der Waals surface area (Å²) >= 11 is 1.86. The van der Waals surface area contributed by atoms with Gasteiger partial charge in [0.15, 0.2) is 0 Å². The van der Waals surface area contributed by atoms with Crippen LogP contribution in [0.3, 0.4) is 0 Å². The van der Waals surface area contributed by atoms with E-state index in [-0.39, 0.29) is 5.41 Å². The number of allylic oxidation sites excluding steroid dienone is 5. The number of benzene rings is 1. The molecule has 0 saturated heterocycles. The Bertz CT molecular complexity index is 711. The number of aldehydes is 1. The monoisotopic (exact) mass is 370 g/mol. The fourth-order valence-electron chi connectivity index (χ4n) is 3.25. The molecule has 0 aromatic heterocycles. The Morgan fingerprint density at radius 3 is 2.73 bits per heavy atom. The third-order valence-corrected chi connectivity index (χ3v) is 5.59. The molecule has 0 N–H and O–H groups in total. The van der Waals surface area contributed by atoms with Gasteiger partial charge in [-0.3, -0.25) is 4.79 Å². The molecule has 2 nitrogen and oxygen atoms in total. The first kappa shape index (κ1) is 20.6. The van der Waals surface area contributed by atoms with Gasteiger partial charge in [0.05, 0.1) is 7.11 Å². The summed E-state index contributed by atoms with van der Waals surface area (Å²) in [6.07, 6.45) is 13.4. The van der Waals surface area contributed by atoms with E-state index in [1.807, 2.05) is 11.8 Å². The van der Waals surface area contributed by atoms with Crippen LogP contribution in [0, 0.1) is 5.41 Å². The number of carbonyl (C=O) groups excluding carboxylic acids is 1. The zero-order valence-corrected chi connectivity index (χ0v) is 17.2. The number of rotatable bonds is 8. The smallest absolute Gasteiger partial charge is 0.143 e. The Hall–Kier alpha value is -1.74. The van der Waals surface area contributed by atoms with Crippen LogP contribution in [0.25, 0.3) is 6.08 Å². The van der Waals surface area contributed by atoms with E-state index in [4.69, 9.17) is 4.74 Å². The molecule has 0 aliphatic heterocycles. The Balaban J connectivity index is 2.16. The quantitative estimate of drug-likeness (QED) is 0.227. The molecule has 1 aromatic rings. The molecule has 1 aromatic carbocycles. The average molecular weight is 371 g/mol. The third-order valence-electron chi connectivity index (χ3n) is 4.45. The highest BCUT2D eigenvalue weighted by molar-refractivity contribution is 7.99. The van der Waals surface area contributed by atoms with Crippen LogP contribution in [0.2, 0.25) is 0 Å². The van der Waals surface area contributed by atoms with Crippen molar-refractivity contribution in [2.24, 2.45) is 5.41 Å². The van der Waals surface area contributed by atoms with E-state index >= 15 is 0 Å². The number of hydrogen-bond donors (Lipinski definition) is 0. The molecule has 26 heavy (non-hydrogen) atoms. The maximum absolute atomic E-state index is 10.8. The van der Waals surface area contributed by atoms with Crippen molar-refractivity contribution in [2.45, 2.75) is 51.3 Å². The standard InChI is InChI=1S/C23H30O2S/c1-5-6-13-26-22-10-9-18(15-21(22)25-4)7-8-19-14-20(11-12-24)17-23(2,3)16-19/h7-12,14-15H,5-6,13,16-17H2,1-4H3. The van der Waals surface area contributed by atoms with Crippen molar-refractivity contribution in [1.29, 1.82) is 0 Å². The highest BCUT2D eigenvalue weighted by Crippen LogP contribution is 2.38. The molecule has 0 radical (unpaired) electrons. The Labute approximate surface area is 162 Å². The molecule has 2 rings (SSSR count). The Kier molecular flexibility index (Phi) is 7.77. The average Bonchev–Trinajstić information content (AvgIpc) is 2.60. The number of ether oxygens (including phenoxy) is 1. The van der Waals surface area contributed by atoms with Crippen molar-refractivity contribution in [1.82, 2.24) is 0 Å². The van der Waals surface area contributed by atoms with Crippen LogP contribution >= 0.6 is 11.8 Å². The van der Waals surface area contributed by atoms with Crippen molar-refractivity contribution in [3.05, 3.63) is 53.1 Å². The molecule has 1 aliphatic carbocycles. The minimum absolute atomic E-state index is 0.181. The van der Waals surface area contributed by atoms with Crippen LogP contribution in [0.15, 0.2) is 52.5 Å². The number of hydrogen-bond acceptors (Lipinski definition) is 3. The van der Waals surface area contributed by atoms with Crippen molar-refractivity contribution in [2.75, 3.05) is 12.9 Å². The van der Waals surface area contributed by atoms with Crippen LogP contribution < -0.4 is 4.74 Å². The zero-order valence-electron chi connectivity index (χ0n) is 16.4. The number of methoxy groups -OCH3 is 1. The maximum Gasteiger partial charge on any atom is 0.143 e. The van der Waals surface area contributed by atoms with Gasteiger partial charge in [0.25, 0.3) is 0 Å². The van der Waals surface area contributed by atoms with Gasteiger partial charge >= 0.3 is 0 Å². The largest absolute Gasteiger partial charge is 0.496 e. The maximum atomic E-state index is 10.8. The molecule has 0 heterocycles. The first-order chi connectivity index (χ1) is 12.5.